The molecule has 3 aliphatic rings. The first-order valence-electron chi connectivity index (χ1n) is 12.0. The molecule has 0 spiro atoms. The summed E-state index contributed by atoms with van der Waals surface area (Å²) < 4.78 is 1.94. The van der Waals surface area contributed by atoms with Gasteiger partial charge in [0.2, 0.25) is 0 Å². The number of nitrogens with zero attached hydrogens (tertiary/aromatic N) is 3. The summed E-state index contributed by atoms with van der Waals surface area (Å²) in [4.78, 5) is 17.6. The van der Waals surface area contributed by atoms with Gasteiger partial charge in [0.25, 0.3) is 0 Å². The van der Waals surface area contributed by atoms with Crippen molar-refractivity contribution in [2.24, 2.45) is 10.9 Å². The highest BCUT2D eigenvalue weighted by Crippen LogP contribution is 2.37. The Balaban J connectivity index is 0.00000171. The van der Waals surface area contributed by atoms with E-state index >= 15 is 0 Å². The molecule has 2 heterocycles. The molecule has 0 amide bonds. The number of allylic oxidation sites excluding steroid dienone is 4. The van der Waals surface area contributed by atoms with Gasteiger partial charge in [-0.25, -0.2) is 9.67 Å². The number of aromatic nitrogens is 2. The van der Waals surface area contributed by atoms with Gasteiger partial charge in [-0.15, -0.1) is 0 Å². The van der Waals surface area contributed by atoms with Crippen LogP contribution in [0.2, 0.25) is 0 Å². The van der Waals surface area contributed by atoms with Crippen LogP contribution in [0.15, 0.2) is 59.8 Å². The average molecular weight is 470 g/mol. The molecule has 2 aromatic rings. The van der Waals surface area contributed by atoms with Crippen LogP contribution in [0.25, 0.3) is 17.7 Å². The third-order valence-electron chi connectivity index (χ3n) is 6.73. The second kappa shape index (κ2) is 11.0. The van der Waals surface area contributed by atoms with Crippen molar-refractivity contribution in [3.63, 3.8) is 0 Å². The average Bonchev–Trinajstić information content (AvgIpc) is 3.72. The Morgan fingerprint density at radius 1 is 1.17 bits per heavy atom. The van der Waals surface area contributed by atoms with Crippen molar-refractivity contribution in [1.82, 2.24) is 9.78 Å². The molecule has 2 fully saturated rings. The molecule has 0 unspecified atom stereocenters. The molecule has 0 N–H and O–H groups in total. The van der Waals surface area contributed by atoms with Gasteiger partial charge in [0.05, 0.1) is 11.0 Å². The molecule has 4 nitrogen and oxygen atoms in total. The Morgan fingerprint density at radius 2 is 1.91 bits per heavy atom. The highest BCUT2D eigenvalue weighted by atomic mass is 16.1. The quantitative estimate of drug-likeness (QED) is 0.480. The maximum atomic E-state index is 12.7. The second-order valence-electron chi connectivity index (χ2n) is 9.45. The van der Waals surface area contributed by atoms with Crippen LogP contribution in [0.4, 0.5) is 0 Å². The fourth-order valence-corrected chi connectivity index (χ4v) is 4.44. The van der Waals surface area contributed by atoms with Crippen LogP contribution in [0.3, 0.4) is 0 Å². The highest BCUT2D eigenvalue weighted by molar-refractivity contribution is 6.02. The maximum absolute atomic E-state index is 12.7. The Kier molecular flexibility index (Phi) is 8.26. The second-order valence-corrected chi connectivity index (χ2v) is 9.45. The van der Waals surface area contributed by atoms with Crippen molar-refractivity contribution in [1.29, 1.82) is 0 Å². The summed E-state index contributed by atoms with van der Waals surface area (Å²) in [7, 11) is 0. The van der Waals surface area contributed by atoms with Crippen molar-refractivity contribution in [2.45, 2.75) is 73.1 Å². The van der Waals surface area contributed by atoms with E-state index < -0.39 is 0 Å². The summed E-state index contributed by atoms with van der Waals surface area (Å²) >= 11 is 0. The Labute approximate surface area is 210 Å². The summed E-state index contributed by atoms with van der Waals surface area (Å²) in [5, 5.41) is 7.05. The smallest absolute Gasteiger partial charge is 0.162 e. The number of aliphatic imine (C=N–C) groups is 1. The highest BCUT2D eigenvalue weighted by Gasteiger charge is 2.29. The molecule has 2 saturated carbocycles. The van der Waals surface area contributed by atoms with Crippen LogP contribution < -0.4 is 10.6 Å². The van der Waals surface area contributed by atoms with Crippen molar-refractivity contribution >= 4 is 29.3 Å². The van der Waals surface area contributed by atoms with E-state index in [0.717, 1.165) is 40.5 Å². The van der Waals surface area contributed by atoms with Crippen LogP contribution in [0.5, 0.6) is 0 Å². The van der Waals surface area contributed by atoms with E-state index in [1.165, 1.54) is 24.0 Å². The van der Waals surface area contributed by atoms with E-state index in [1.807, 2.05) is 23.9 Å². The fourth-order valence-electron chi connectivity index (χ4n) is 4.44. The molecule has 0 bridgehead atoms. The van der Waals surface area contributed by atoms with Crippen molar-refractivity contribution < 1.29 is 4.79 Å². The number of rotatable bonds is 6. The molecule has 35 heavy (non-hydrogen) atoms. The molecule has 2 aliphatic carbocycles. The lowest BCUT2D eigenvalue weighted by Gasteiger charge is -2.05. The molecular weight excluding hydrogens is 430 g/mol. The zero-order chi connectivity index (χ0) is 22.9. The first kappa shape index (κ1) is 26.3. The molecular formula is C31H39N3O. The van der Waals surface area contributed by atoms with Gasteiger partial charge in [0.15, 0.2) is 5.78 Å². The van der Waals surface area contributed by atoms with Crippen LogP contribution in [-0.4, -0.2) is 21.4 Å². The first-order chi connectivity index (χ1) is 16.0. The van der Waals surface area contributed by atoms with E-state index in [0.29, 0.717) is 30.3 Å². The molecule has 1 aromatic carbocycles. The van der Waals surface area contributed by atoms with Crippen LogP contribution in [0, 0.1) is 12.8 Å². The van der Waals surface area contributed by atoms with Crippen molar-refractivity contribution in [2.75, 3.05) is 0 Å². The molecule has 5 rings (SSSR count). The lowest BCUT2D eigenvalue weighted by atomic mass is 10.0. The van der Waals surface area contributed by atoms with Crippen LogP contribution in [-0.2, 0) is 4.79 Å². The van der Waals surface area contributed by atoms with E-state index in [2.05, 4.69) is 56.0 Å². The summed E-state index contributed by atoms with van der Waals surface area (Å²) in [6.45, 7) is 8.28. The maximum Gasteiger partial charge on any atom is 0.162 e. The molecule has 4 heteroatoms. The zero-order valence-electron chi connectivity index (χ0n) is 19.6. The number of carbonyl (C=O) groups is 1. The minimum Gasteiger partial charge on any atom is -0.294 e. The van der Waals surface area contributed by atoms with Crippen LogP contribution in [0.1, 0.15) is 83.0 Å². The van der Waals surface area contributed by atoms with Gasteiger partial charge in [-0.05, 0) is 68.2 Å². The standard InChI is InChI=1S/C29H31N3O.2CH4/c1-4-24-26(16-20(3)27(33)17-21-12-13-21)32(31-29(24)22-14-15-22)28-11-7-9-23(18-30-28)25-10-6-5-8-19(25)2;;/h4-10,16,18,21-22H,3,11-15,17H2,1-2H3;2*1H4/b24-4+,26-16+;;. The molecule has 1 aromatic heterocycles. The number of carbonyl (C=O) groups excluding carboxylic acids is 1. The fraction of sp³-hybridized carbons (Fsp3) is 0.387. The molecule has 0 radical (unpaired) electrons. The Hall–Kier alpha value is -3.27. The number of ketones is 1. The number of hydrogen-bond acceptors (Lipinski definition) is 3. The summed E-state index contributed by atoms with van der Waals surface area (Å²) in [6.07, 6.45) is 16.2. The Morgan fingerprint density at radius 3 is 2.57 bits per heavy atom. The van der Waals surface area contributed by atoms with Gasteiger partial charge in [-0.2, -0.15) is 5.10 Å². The lowest BCUT2D eigenvalue weighted by molar-refractivity contribution is -0.115. The molecule has 1 aliphatic heterocycles. The van der Waals surface area contributed by atoms with Crippen LogP contribution >= 0.6 is 0 Å². The van der Waals surface area contributed by atoms with E-state index in [-0.39, 0.29) is 20.6 Å². The van der Waals surface area contributed by atoms with Crippen molar-refractivity contribution in [3.05, 3.63) is 82.2 Å². The number of hydrogen-bond donors (Lipinski definition) is 0. The SMILES string of the molecule is C.C.C=C(/C=c1\c(=C/C)c(C2CC2)nn1C1=NC=C(c2ccccc2C)C=CC1)C(=O)CC1CC1. The van der Waals surface area contributed by atoms with Gasteiger partial charge in [-0.1, -0.05) is 63.9 Å². The topological polar surface area (TPSA) is 47.2 Å². The predicted octanol–water partition coefficient (Wildman–Crippen LogP) is 6.10. The van der Waals surface area contributed by atoms with E-state index in [9.17, 15) is 4.79 Å². The van der Waals surface area contributed by atoms with Gasteiger partial charge in [0.1, 0.15) is 5.84 Å². The van der Waals surface area contributed by atoms with Gasteiger partial charge < -0.3 is 0 Å². The Bertz CT molecular complexity index is 1330. The minimum absolute atomic E-state index is 0. The monoisotopic (exact) mass is 469 g/mol. The number of aryl methyl sites for hydroxylation is 1. The van der Waals surface area contributed by atoms with Crippen molar-refractivity contribution in [3.8, 4) is 0 Å². The van der Waals surface area contributed by atoms with Gasteiger partial charge in [-0.3, -0.25) is 4.79 Å². The summed E-state index contributed by atoms with van der Waals surface area (Å²) in [6, 6.07) is 8.36. The van der Waals surface area contributed by atoms with Gasteiger partial charge >= 0.3 is 0 Å². The molecule has 0 atom stereocenters. The first-order valence-corrected chi connectivity index (χ1v) is 12.0. The third-order valence-corrected chi connectivity index (χ3v) is 6.73. The molecule has 0 saturated heterocycles. The molecule has 184 valence electrons. The summed E-state index contributed by atoms with van der Waals surface area (Å²) in [5.74, 6) is 2.05. The normalized spacial score (nSPS) is 18.2. The van der Waals surface area contributed by atoms with E-state index in [1.54, 1.807) is 0 Å². The number of Topliss-reactive ketones (excluding diaryl/α,β-unsaturated/α-hetero) is 1. The largest absolute Gasteiger partial charge is 0.294 e. The third kappa shape index (κ3) is 5.70. The van der Waals surface area contributed by atoms with E-state index in [4.69, 9.17) is 10.1 Å². The predicted molar refractivity (Wildman–Crippen MR) is 149 cm³/mol. The number of benzene rings is 1. The summed E-state index contributed by atoms with van der Waals surface area (Å²) in [5.41, 5.74) is 5.19. The minimum atomic E-state index is 0. The lowest BCUT2D eigenvalue weighted by Crippen LogP contribution is -2.34. The van der Waals surface area contributed by atoms with Gasteiger partial charge in [0, 0.05) is 35.8 Å². The zero-order valence-corrected chi connectivity index (χ0v) is 19.6.